The summed E-state index contributed by atoms with van der Waals surface area (Å²) in [6.45, 7) is 0. The molecule has 0 amide bonds. The van der Waals surface area contributed by atoms with Gasteiger partial charge in [0.2, 0.25) is 0 Å². The summed E-state index contributed by atoms with van der Waals surface area (Å²) in [5, 5.41) is 0. The van der Waals surface area contributed by atoms with Crippen LogP contribution in [0.15, 0.2) is 0 Å². The van der Waals surface area contributed by atoms with Gasteiger partial charge in [0.25, 0.3) is 0 Å². The van der Waals surface area contributed by atoms with Crippen LogP contribution in [0.25, 0.3) is 0 Å². The molecule has 40 heavy (non-hydrogen) atoms. The molecule has 0 saturated carbocycles. The van der Waals surface area contributed by atoms with Crippen LogP contribution >= 0.6 is 310 Å². The van der Waals surface area contributed by atoms with Gasteiger partial charge < -0.3 is 21.4 Å². The number of rotatable bonds is 0. The molecule has 0 saturated heterocycles. The molecule has 0 aliphatic rings. The Morgan fingerprint density at radius 2 is 0.0750 bits per heavy atom. The number of halogens is 25. The quantitative estimate of drug-likeness (QED) is 0.212. The van der Waals surface area contributed by atoms with Gasteiger partial charge in [-0.3, -0.25) is 0 Å². The SMILES string of the molecule is Cl.Cl.Cl.Cl.Cl.Cl.Cl.Cl.Cl.Cl.Cl.Cl.Cl.Cl.Cl.Cl.Cl.Cl.Cl.Cl.Cl.Cl.Cl.Cl.Cl.[H-].[H-].[H-].[H-].[H-].[H-].[H-].[H-].[H-].[H-].[H-].[H-].[H-].[H-].[H-].[Na+].[Na+].[Na+].[Na+].[Na+].[Na+].[Na+].[Na+].[Na+].[Na+].[Na+].[Na+].[Na+].[Na+].[Na+]. The molecule has 0 atom stereocenters. The average molecular weight is 1270 g/mol. The van der Waals surface area contributed by atoms with Gasteiger partial charge in [-0.05, 0) is 0 Å². The van der Waals surface area contributed by atoms with Crippen LogP contribution in [0.2, 0.25) is 0 Å². The van der Waals surface area contributed by atoms with Crippen LogP contribution in [0, 0.1) is 0 Å². The van der Waals surface area contributed by atoms with E-state index in [1.165, 1.54) is 0 Å². The molecule has 0 heterocycles. The van der Waals surface area contributed by atoms with Crippen LogP contribution in [0.3, 0.4) is 0 Å². The van der Waals surface area contributed by atoms with Crippen molar-refractivity contribution in [2.45, 2.75) is 0 Å². The van der Waals surface area contributed by atoms with Crippen LogP contribution in [-0.2, 0) is 0 Å². The van der Waals surface area contributed by atoms with Crippen LogP contribution in [0.4, 0.5) is 0 Å². The predicted molar refractivity (Wildman–Crippen MR) is 198 cm³/mol. The molecule has 0 aromatic heterocycles. The first kappa shape index (κ1) is 472. The molecule has 0 N–H and O–H groups in total. The summed E-state index contributed by atoms with van der Waals surface area (Å²) >= 11 is 0. The summed E-state index contributed by atoms with van der Waals surface area (Å²) in [7, 11) is 0. The van der Waals surface area contributed by atoms with Crippen LogP contribution in [0.5, 0.6) is 0 Å². The minimum atomic E-state index is 0. The van der Waals surface area contributed by atoms with Gasteiger partial charge in [0.1, 0.15) is 0 Å². The van der Waals surface area contributed by atoms with Crippen LogP contribution < -0.4 is 443 Å². The molecular formula is H40Cl25Na15. The molecule has 0 aliphatic carbocycles. The topological polar surface area (TPSA) is 0 Å². The zero-order chi connectivity index (χ0) is 0. The predicted octanol–water partition coefficient (Wildman–Crippen LogP) is -32.7. The number of hydrogen-bond donors (Lipinski definition) is 0. The maximum absolute atomic E-state index is 0. The molecule has 0 spiro atoms. The third-order valence-corrected chi connectivity index (χ3v) is 0. The normalized spacial score (nSPS) is 0. The van der Waals surface area contributed by atoms with E-state index in [1.54, 1.807) is 0 Å². The fourth-order valence-corrected chi connectivity index (χ4v) is 0. The average Bonchev–Trinajstić information content (AvgIpc) is 0. The third-order valence-electron chi connectivity index (χ3n) is 0. The van der Waals surface area contributed by atoms with E-state index < -0.39 is 0 Å². The molecule has 0 aromatic carbocycles. The molecule has 0 nitrogen and oxygen atoms in total. The Bertz CT molecular complexity index is 84.7. The first-order valence-corrected chi connectivity index (χ1v) is 0. The molecule has 40 heteroatoms. The van der Waals surface area contributed by atoms with Crippen molar-refractivity contribution in [1.82, 2.24) is 0 Å². The summed E-state index contributed by atoms with van der Waals surface area (Å²) in [5.74, 6) is 0. The maximum atomic E-state index is 0. The Morgan fingerprint density at radius 1 is 0.0750 bits per heavy atom. The van der Waals surface area contributed by atoms with Crippen molar-refractivity contribution < 1.29 is 465 Å². The molecule has 0 rings (SSSR count). The molecule has 0 radical (unpaired) electrons. The Labute approximate surface area is 754 Å². The van der Waals surface area contributed by atoms with E-state index in [0.717, 1.165) is 0 Å². The van der Waals surface area contributed by atoms with Crippen molar-refractivity contribution in [3.05, 3.63) is 0 Å². The summed E-state index contributed by atoms with van der Waals surface area (Å²) in [5.41, 5.74) is 0. The molecule has 0 fully saturated rings. The van der Waals surface area contributed by atoms with Crippen molar-refractivity contribution in [2.24, 2.45) is 0 Å². The summed E-state index contributed by atoms with van der Waals surface area (Å²) in [6, 6.07) is 0. The zero-order valence-electron chi connectivity index (χ0n) is 40.2. The third kappa shape index (κ3) is 427. The minimum Gasteiger partial charge on any atom is -1.00 e. The molecule has 0 bridgehead atoms. The van der Waals surface area contributed by atoms with Crippen molar-refractivity contribution >= 4 is 310 Å². The van der Waals surface area contributed by atoms with E-state index in [2.05, 4.69) is 0 Å². The standard InChI is InChI=1S/25ClH.15Na.15H/h25*1H;;;;;;;;;;;;;;;;;;;;;;;;;;;;;;/q;;;;;;;;;;;;;;;;;;;;;;;;;15*+1;15*-1. The van der Waals surface area contributed by atoms with Gasteiger partial charge in [-0.15, -0.1) is 310 Å². The van der Waals surface area contributed by atoms with Gasteiger partial charge in [0, 0.05) is 0 Å². The summed E-state index contributed by atoms with van der Waals surface area (Å²) in [4.78, 5) is 0. The Balaban J connectivity index is 0. The van der Waals surface area contributed by atoms with Gasteiger partial charge in [-0.25, -0.2) is 0 Å². The van der Waals surface area contributed by atoms with E-state index in [0.29, 0.717) is 0 Å². The fraction of sp³-hybridized carbons (Fsp3) is 0. The van der Waals surface area contributed by atoms with Gasteiger partial charge in [-0.2, -0.15) is 0 Å². The second-order valence-corrected chi connectivity index (χ2v) is 0. The van der Waals surface area contributed by atoms with E-state index >= 15 is 0 Å². The second-order valence-electron chi connectivity index (χ2n) is 0. The minimum absolute atomic E-state index is 0. The van der Waals surface area contributed by atoms with Gasteiger partial charge in [0.05, 0.1) is 0 Å². The van der Waals surface area contributed by atoms with Crippen molar-refractivity contribution in [3.63, 3.8) is 0 Å². The van der Waals surface area contributed by atoms with E-state index in [-0.39, 0.29) is 775 Å². The molecule has 0 aromatic rings. The van der Waals surface area contributed by atoms with Crippen molar-refractivity contribution in [2.75, 3.05) is 0 Å². The van der Waals surface area contributed by atoms with E-state index in [4.69, 9.17) is 0 Å². The van der Waals surface area contributed by atoms with E-state index in [1.807, 2.05) is 0 Å². The molecule has 0 aliphatic heterocycles. The van der Waals surface area contributed by atoms with Gasteiger partial charge in [-0.1, -0.05) is 0 Å². The largest absolute Gasteiger partial charge is 1.00 e. The Kier molecular flexibility index (Phi) is 5300. The van der Waals surface area contributed by atoms with E-state index in [9.17, 15) is 0 Å². The summed E-state index contributed by atoms with van der Waals surface area (Å²) < 4.78 is 0. The Morgan fingerprint density at radius 3 is 0.0750 bits per heavy atom. The fourth-order valence-electron chi connectivity index (χ4n) is 0. The first-order valence-electron chi connectivity index (χ1n) is 0. The summed E-state index contributed by atoms with van der Waals surface area (Å²) in [6.07, 6.45) is 0. The smallest absolute Gasteiger partial charge is 1.00 e. The molecular weight excluding hydrogens is 1230 g/mol. The van der Waals surface area contributed by atoms with Crippen molar-refractivity contribution in [1.29, 1.82) is 0 Å². The first-order chi connectivity index (χ1) is 0. The maximum Gasteiger partial charge on any atom is 1.00 e. The van der Waals surface area contributed by atoms with Crippen LogP contribution in [-0.4, -0.2) is 0 Å². The van der Waals surface area contributed by atoms with Gasteiger partial charge in [0.15, 0.2) is 0 Å². The zero-order valence-corrected chi connectivity index (χ0v) is 75.6. The Hall–Kier alpha value is 22.2. The second kappa shape index (κ2) is 449. The molecule has 0 unspecified atom stereocenters. The van der Waals surface area contributed by atoms with Crippen molar-refractivity contribution in [3.8, 4) is 0 Å². The van der Waals surface area contributed by atoms with Gasteiger partial charge >= 0.3 is 443 Å². The molecule has 230 valence electrons. The monoisotopic (exact) mass is 1260 g/mol. The number of hydrogen-bond acceptors (Lipinski definition) is 0. The van der Waals surface area contributed by atoms with Crippen LogP contribution in [0.1, 0.15) is 21.4 Å².